The SMILES string of the molecule is CC(Sc1ccc(S(=O)(=O)N2CCCC2)cn1)C(=O)N(C)C1CCCCC1. The molecule has 1 aromatic heterocycles. The molecule has 8 heteroatoms. The smallest absolute Gasteiger partial charge is 0.244 e. The van der Waals surface area contributed by atoms with E-state index in [9.17, 15) is 13.2 Å². The van der Waals surface area contributed by atoms with Crippen LogP contribution in [0.5, 0.6) is 0 Å². The van der Waals surface area contributed by atoms with Crippen LogP contribution in [0.4, 0.5) is 0 Å². The van der Waals surface area contributed by atoms with E-state index in [2.05, 4.69) is 4.98 Å². The Hall–Kier alpha value is -1.12. The number of amides is 1. The van der Waals surface area contributed by atoms with Crippen LogP contribution < -0.4 is 0 Å². The molecule has 0 spiro atoms. The molecule has 0 bridgehead atoms. The number of hydrogen-bond donors (Lipinski definition) is 0. The lowest BCUT2D eigenvalue weighted by Gasteiger charge is -2.32. The first-order valence-corrected chi connectivity index (χ1v) is 12.1. The minimum absolute atomic E-state index is 0.113. The third-order valence-corrected chi connectivity index (χ3v) is 8.45. The number of carbonyl (C=O) groups excluding carboxylic acids is 1. The number of aromatic nitrogens is 1. The van der Waals surface area contributed by atoms with Crippen molar-refractivity contribution in [1.29, 1.82) is 0 Å². The molecule has 0 radical (unpaired) electrons. The highest BCUT2D eigenvalue weighted by molar-refractivity contribution is 8.00. The predicted octanol–water partition coefficient (Wildman–Crippen LogP) is 3.14. The van der Waals surface area contributed by atoms with Gasteiger partial charge in [-0.3, -0.25) is 4.79 Å². The first-order chi connectivity index (χ1) is 12.9. The molecule has 150 valence electrons. The van der Waals surface area contributed by atoms with Crippen LogP contribution in [0.15, 0.2) is 28.3 Å². The van der Waals surface area contributed by atoms with Crippen molar-refractivity contribution in [2.45, 2.75) is 73.1 Å². The normalized spacial score (nSPS) is 20.5. The highest BCUT2D eigenvalue weighted by Gasteiger charge is 2.28. The summed E-state index contributed by atoms with van der Waals surface area (Å²) in [5.41, 5.74) is 0. The Morgan fingerprint density at radius 1 is 1.19 bits per heavy atom. The largest absolute Gasteiger partial charge is 0.342 e. The minimum atomic E-state index is -3.44. The molecule has 1 saturated carbocycles. The molecule has 0 N–H and O–H groups in total. The second-order valence-electron chi connectivity index (χ2n) is 7.44. The zero-order chi connectivity index (χ0) is 19.4. The Bertz CT molecular complexity index is 740. The van der Waals surface area contributed by atoms with Gasteiger partial charge in [0.15, 0.2) is 0 Å². The number of pyridine rings is 1. The molecule has 2 fully saturated rings. The Balaban J connectivity index is 1.61. The van der Waals surface area contributed by atoms with Gasteiger partial charge in [-0.25, -0.2) is 13.4 Å². The van der Waals surface area contributed by atoms with Crippen LogP contribution in [0, 0.1) is 0 Å². The highest BCUT2D eigenvalue weighted by atomic mass is 32.2. The van der Waals surface area contributed by atoms with E-state index in [4.69, 9.17) is 0 Å². The van der Waals surface area contributed by atoms with Gasteiger partial charge in [-0.15, -0.1) is 0 Å². The third kappa shape index (κ3) is 4.84. The quantitative estimate of drug-likeness (QED) is 0.673. The van der Waals surface area contributed by atoms with Crippen LogP contribution in [0.2, 0.25) is 0 Å². The lowest BCUT2D eigenvalue weighted by atomic mass is 9.94. The number of thioether (sulfide) groups is 1. The maximum absolute atomic E-state index is 12.7. The van der Waals surface area contributed by atoms with E-state index >= 15 is 0 Å². The molecule has 2 aliphatic rings. The summed E-state index contributed by atoms with van der Waals surface area (Å²) in [5, 5.41) is 0.429. The second-order valence-corrected chi connectivity index (χ2v) is 10.7. The van der Waals surface area contributed by atoms with Gasteiger partial charge in [-0.05, 0) is 44.7 Å². The van der Waals surface area contributed by atoms with E-state index in [-0.39, 0.29) is 16.1 Å². The zero-order valence-corrected chi connectivity index (χ0v) is 17.8. The van der Waals surface area contributed by atoms with Crippen molar-refractivity contribution in [3.63, 3.8) is 0 Å². The summed E-state index contributed by atoms with van der Waals surface area (Å²) in [4.78, 5) is 19.1. The Morgan fingerprint density at radius 3 is 2.44 bits per heavy atom. The van der Waals surface area contributed by atoms with E-state index in [1.54, 1.807) is 12.1 Å². The van der Waals surface area contributed by atoms with Crippen molar-refractivity contribution in [2.24, 2.45) is 0 Å². The Labute approximate surface area is 166 Å². The van der Waals surface area contributed by atoms with Gasteiger partial charge in [-0.2, -0.15) is 4.31 Å². The molecule has 1 aromatic rings. The molecule has 1 saturated heterocycles. The van der Waals surface area contributed by atoms with Gasteiger partial charge in [0.25, 0.3) is 0 Å². The van der Waals surface area contributed by atoms with Gasteiger partial charge in [0.05, 0.1) is 10.3 Å². The monoisotopic (exact) mass is 411 g/mol. The molecule has 27 heavy (non-hydrogen) atoms. The highest BCUT2D eigenvalue weighted by Crippen LogP contribution is 2.28. The van der Waals surface area contributed by atoms with Crippen LogP contribution in [-0.2, 0) is 14.8 Å². The zero-order valence-electron chi connectivity index (χ0n) is 16.1. The van der Waals surface area contributed by atoms with E-state index in [1.165, 1.54) is 41.5 Å². The molecule has 1 aliphatic carbocycles. The number of nitrogens with zero attached hydrogens (tertiary/aromatic N) is 3. The Morgan fingerprint density at radius 2 is 1.85 bits per heavy atom. The molecule has 1 amide bonds. The Kier molecular flexibility index (Phi) is 6.81. The fourth-order valence-corrected chi connectivity index (χ4v) is 6.19. The van der Waals surface area contributed by atoms with Gasteiger partial charge in [0.1, 0.15) is 4.90 Å². The van der Waals surface area contributed by atoms with Crippen molar-refractivity contribution in [1.82, 2.24) is 14.2 Å². The van der Waals surface area contributed by atoms with Crippen LogP contribution in [0.1, 0.15) is 51.9 Å². The molecular weight excluding hydrogens is 382 g/mol. The predicted molar refractivity (Wildman–Crippen MR) is 107 cm³/mol. The first-order valence-electron chi connectivity index (χ1n) is 9.79. The average Bonchev–Trinajstić information content (AvgIpc) is 3.23. The molecule has 2 heterocycles. The van der Waals surface area contributed by atoms with E-state index in [1.807, 2.05) is 18.9 Å². The van der Waals surface area contributed by atoms with Gasteiger partial charge in [-0.1, -0.05) is 31.0 Å². The molecule has 3 rings (SSSR count). The second kappa shape index (κ2) is 8.92. The van der Waals surface area contributed by atoms with Crippen LogP contribution in [-0.4, -0.2) is 59.9 Å². The fourth-order valence-electron chi connectivity index (χ4n) is 3.83. The van der Waals surface area contributed by atoms with Gasteiger partial charge >= 0.3 is 0 Å². The standard InChI is InChI=1S/C19H29N3O3S2/c1-15(19(23)21(2)16-8-4-3-5-9-16)26-18-11-10-17(14-20-18)27(24,25)22-12-6-7-13-22/h10-11,14-16H,3-9,12-13H2,1-2H3. The molecular formula is C19H29N3O3S2. The first kappa shape index (κ1) is 20.6. The molecule has 1 aliphatic heterocycles. The summed E-state index contributed by atoms with van der Waals surface area (Å²) in [5.74, 6) is 0.113. The van der Waals surface area contributed by atoms with Gasteiger partial charge in [0, 0.05) is 32.4 Å². The summed E-state index contributed by atoms with van der Waals surface area (Å²) in [6.45, 7) is 3.05. The van der Waals surface area contributed by atoms with Gasteiger partial charge < -0.3 is 4.90 Å². The van der Waals surface area contributed by atoms with Crippen LogP contribution in [0.25, 0.3) is 0 Å². The van der Waals surface area contributed by atoms with Crippen molar-refractivity contribution in [2.75, 3.05) is 20.1 Å². The summed E-state index contributed by atoms with van der Waals surface area (Å²) in [7, 11) is -1.54. The third-order valence-electron chi connectivity index (χ3n) is 5.53. The molecule has 6 nitrogen and oxygen atoms in total. The molecule has 0 aromatic carbocycles. The van der Waals surface area contributed by atoms with E-state index in [0.29, 0.717) is 24.2 Å². The summed E-state index contributed by atoms with van der Waals surface area (Å²) < 4.78 is 26.6. The summed E-state index contributed by atoms with van der Waals surface area (Å²) >= 11 is 1.38. The number of sulfonamides is 1. The van der Waals surface area contributed by atoms with E-state index < -0.39 is 10.0 Å². The van der Waals surface area contributed by atoms with Crippen LogP contribution >= 0.6 is 11.8 Å². The lowest BCUT2D eigenvalue weighted by Crippen LogP contribution is -2.42. The van der Waals surface area contributed by atoms with Crippen molar-refractivity contribution < 1.29 is 13.2 Å². The van der Waals surface area contributed by atoms with Crippen molar-refractivity contribution in [3.05, 3.63) is 18.3 Å². The number of hydrogen-bond acceptors (Lipinski definition) is 5. The maximum Gasteiger partial charge on any atom is 0.244 e. The lowest BCUT2D eigenvalue weighted by molar-refractivity contribution is -0.131. The van der Waals surface area contributed by atoms with E-state index in [0.717, 1.165) is 25.7 Å². The number of carbonyl (C=O) groups is 1. The summed E-state index contributed by atoms with van der Waals surface area (Å²) in [6.07, 6.45) is 9.06. The fraction of sp³-hybridized carbons (Fsp3) is 0.684. The van der Waals surface area contributed by atoms with Crippen molar-refractivity contribution >= 4 is 27.7 Å². The summed E-state index contributed by atoms with van der Waals surface area (Å²) in [6, 6.07) is 3.65. The van der Waals surface area contributed by atoms with Crippen LogP contribution in [0.3, 0.4) is 0 Å². The molecule has 1 unspecified atom stereocenters. The maximum atomic E-state index is 12.7. The molecule has 1 atom stereocenters. The van der Waals surface area contributed by atoms with Gasteiger partial charge in [0.2, 0.25) is 15.9 Å². The average molecular weight is 412 g/mol. The number of rotatable bonds is 6. The van der Waals surface area contributed by atoms with Crippen molar-refractivity contribution in [3.8, 4) is 0 Å². The topological polar surface area (TPSA) is 70.6 Å². The minimum Gasteiger partial charge on any atom is -0.342 e.